The zero-order valence-electron chi connectivity index (χ0n) is 17.6. The van der Waals surface area contributed by atoms with E-state index in [0.29, 0.717) is 19.4 Å². The SMILES string of the molecule is CN(C)S(=O)(=O)c1ccc(S(=O)(=O)N2CCC[C@@H](C(=O)NC3CCCCC3)C2)cc1. The minimum Gasteiger partial charge on any atom is -0.353 e. The van der Waals surface area contributed by atoms with Gasteiger partial charge >= 0.3 is 0 Å². The van der Waals surface area contributed by atoms with Crippen molar-refractivity contribution < 1.29 is 21.6 Å². The highest BCUT2D eigenvalue weighted by molar-refractivity contribution is 7.89. The van der Waals surface area contributed by atoms with Crippen LogP contribution in [-0.4, -0.2) is 64.6 Å². The van der Waals surface area contributed by atoms with Crippen LogP contribution in [0.5, 0.6) is 0 Å². The monoisotopic (exact) mass is 457 g/mol. The number of carbonyl (C=O) groups is 1. The summed E-state index contributed by atoms with van der Waals surface area (Å²) in [5.41, 5.74) is 0. The van der Waals surface area contributed by atoms with Gasteiger partial charge in [0.05, 0.1) is 15.7 Å². The largest absolute Gasteiger partial charge is 0.353 e. The van der Waals surface area contributed by atoms with Crippen molar-refractivity contribution in [3.63, 3.8) is 0 Å². The predicted molar refractivity (Wildman–Crippen MR) is 114 cm³/mol. The lowest BCUT2D eigenvalue weighted by atomic mass is 9.93. The van der Waals surface area contributed by atoms with E-state index >= 15 is 0 Å². The smallest absolute Gasteiger partial charge is 0.243 e. The lowest BCUT2D eigenvalue weighted by molar-refractivity contribution is -0.127. The summed E-state index contributed by atoms with van der Waals surface area (Å²) in [6.45, 7) is 0.506. The molecule has 0 radical (unpaired) electrons. The zero-order chi connectivity index (χ0) is 21.9. The van der Waals surface area contributed by atoms with Crippen LogP contribution in [0.25, 0.3) is 0 Å². The van der Waals surface area contributed by atoms with Crippen molar-refractivity contribution in [3.05, 3.63) is 24.3 Å². The second kappa shape index (κ2) is 9.33. The summed E-state index contributed by atoms with van der Waals surface area (Å²) in [5, 5.41) is 3.10. The van der Waals surface area contributed by atoms with Crippen LogP contribution in [-0.2, 0) is 24.8 Å². The minimum absolute atomic E-state index is 0.0357. The van der Waals surface area contributed by atoms with Crippen LogP contribution in [0.15, 0.2) is 34.1 Å². The van der Waals surface area contributed by atoms with Crippen LogP contribution in [0.4, 0.5) is 0 Å². The van der Waals surface area contributed by atoms with E-state index in [1.165, 1.54) is 49.1 Å². The van der Waals surface area contributed by atoms with E-state index in [9.17, 15) is 21.6 Å². The van der Waals surface area contributed by atoms with Gasteiger partial charge in [-0.05, 0) is 49.9 Å². The number of nitrogens with one attached hydrogen (secondary N) is 1. The maximum Gasteiger partial charge on any atom is 0.243 e. The first-order chi connectivity index (χ1) is 14.1. The van der Waals surface area contributed by atoms with Crippen molar-refractivity contribution in [2.45, 2.75) is 60.8 Å². The summed E-state index contributed by atoms with van der Waals surface area (Å²) >= 11 is 0. The summed E-state index contributed by atoms with van der Waals surface area (Å²) in [5.74, 6) is -0.418. The van der Waals surface area contributed by atoms with E-state index in [4.69, 9.17) is 0 Å². The third-order valence-corrected chi connectivity index (χ3v) is 9.66. The maximum absolute atomic E-state index is 13.1. The third-order valence-electron chi connectivity index (χ3n) is 5.95. The van der Waals surface area contributed by atoms with Crippen molar-refractivity contribution in [2.24, 2.45) is 5.92 Å². The van der Waals surface area contributed by atoms with Crippen molar-refractivity contribution in [1.82, 2.24) is 13.9 Å². The molecule has 1 saturated carbocycles. The molecule has 3 rings (SSSR count). The molecule has 1 aromatic rings. The molecule has 1 amide bonds. The van der Waals surface area contributed by atoms with Crippen molar-refractivity contribution in [1.29, 1.82) is 0 Å². The Morgan fingerprint density at radius 1 is 0.933 bits per heavy atom. The van der Waals surface area contributed by atoms with Crippen LogP contribution in [0, 0.1) is 5.92 Å². The number of amides is 1. The molecule has 2 fully saturated rings. The Hall–Kier alpha value is -1.49. The van der Waals surface area contributed by atoms with Crippen LogP contribution < -0.4 is 5.32 Å². The Morgan fingerprint density at radius 2 is 1.53 bits per heavy atom. The molecule has 168 valence electrons. The lowest BCUT2D eigenvalue weighted by Gasteiger charge is -2.32. The summed E-state index contributed by atoms with van der Waals surface area (Å²) in [7, 11) is -4.58. The molecule has 1 aliphatic carbocycles. The molecule has 0 aromatic heterocycles. The number of sulfonamides is 2. The Morgan fingerprint density at radius 3 is 2.13 bits per heavy atom. The van der Waals surface area contributed by atoms with E-state index in [0.717, 1.165) is 30.0 Å². The number of carbonyl (C=O) groups excluding carboxylic acids is 1. The van der Waals surface area contributed by atoms with E-state index in [-0.39, 0.29) is 34.2 Å². The van der Waals surface area contributed by atoms with Gasteiger partial charge in [-0.1, -0.05) is 19.3 Å². The summed E-state index contributed by atoms with van der Waals surface area (Å²) in [4.78, 5) is 12.8. The van der Waals surface area contributed by atoms with Gasteiger partial charge in [-0.15, -0.1) is 0 Å². The van der Waals surface area contributed by atoms with Gasteiger partial charge in [-0.2, -0.15) is 4.31 Å². The molecule has 0 bridgehead atoms. The first-order valence-electron chi connectivity index (χ1n) is 10.5. The van der Waals surface area contributed by atoms with Crippen molar-refractivity contribution >= 4 is 26.0 Å². The fourth-order valence-electron chi connectivity index (χ4n) is 4.08. The summed E-state index contributed by atoms with van der Waals surface area (Å²) < 4.78 is 53.0. The van der Waals surface area contributed by atoms with E-state index in [1.54, 1.807) is 0 Å². The van der Waals surface area contributed by atoms with Gasteiger partial charge < -0.3 is 5.32 Å². The normalized spacial score (nSPS) is 22.2. The molecule has 10 heteroatoms. The molecule has 1 atom stereocenters. The number of nitrogens with zero attached hydrogens (tertiary/aromatic N) is 2. The zero-order valence-corrected chi connectivity index (χ0v) is 19.2. The molecule has 0 unspecified atom stereocenters. The average molecular weight is 458 g/mol. The number of rotatable bonds is 6. The van der Waals surface area contributed by atoms with E-state index in [1.807, 2.05) is 0 Å². The second-order valence-corrected chi connectivity index (χ2v) is 12.4. The number of hydrogen-bond acceptors (Lipinski definition) is 5. The quantitative estimate of drug-likeness (QED) is 0.701. The van der Waals surface area contributed by atoms with Gasteiger partial charge in [0.2, 0.25) is 26.0 Å². The molecular weight excluding hydrogens is 426 g/mol. The highest BCUT2D eigenvalue weighted by Crippen LogP contribution is 2.26. The highest BCUT2D eigenvalue weighted by Gasteiger charge is 2.34. The standard InChI is InChI=1S/C20H31N3O5S2/c1-22(2)29(25,26)18-10-12-19(13-11-18)30(27,28)23-14-6-7-16(15-23)20(24)21-17-8-4-3-5-9-17/h10-13,16-17H,3-9,14-15H2,1-2H3,(H,21,24)/t16-/m1/s1. The highest BCUT2D eigenvalue weighted by atomic mass is 32.2. The second-order valence-electron chi connectivity index (χ2n) is 8.30. The Kier molecular flexibility index (Phi) is 7.21. The van der Waals surface area contributed by atoms with Crippen LogP contribution >= 0.6 is 0 Å². The van der Waals surface area contributed by atoms with Crippen molar-refractivity contribution in [2.75, 3.05) is 27.2 Å². The topological polar surface area (TPSA) is 104 Å². The van der Waals surface area contributed by atoms with Gasteiger partial charge in [0, 0.05) is 33.2 Å². The van der Waals surface area contributed by atoms with Gasteiger partial charge in [0.25, 0.3) is 0 Å². The fraction of sp³-hybridized carbons (Fsp3) is 0.650. The third kappa shape index (κ3) is 5.04. The molecule has 30 heavy (non-hydrogen) atoms. The maximum atomic E-state index is 13.1. The molecule has 1 heterocycles. The average Bonchev–Trinajstić information content (AvgIpc) is 2.74. The van der Waals surface area contributed by atoms with Crippen molar-refractivity contribution in [3.8, 4) is 0 Å². The molecule has 1 N–H and O–H groups in total. The number of benzene rings is 1. The Labute approximate surface area is 179 Å². The Bertz CT molecular complexity index is 953. The number of piperidine rings is 1. The van der Waals surface area contributed by atoms with Gasteiger partial charge in [0.1, 0.15) is 0 Å². The van der Waals surface area contributed by atoms with Crippen LogP contribution in [0.2, 0.25) is 0 Å². The van der Waals surface area contributed by atoms with E-state index < -0.39 is 20.0 Å². The van der Waals surface area contributed by atoms with Crippen LogP contribution in [0.3, 0.4) is 0 Å². The fourth-order valence-corrected chi connectivity index (χ4v) is 6.51. The lowest BCUT2D eigenvalue weighted by Crippen LogP contribution is -2.47. The molecule has 2 aliphatic rings. The molecule has 0 spiro atoms. The van der Waals surface area contributed by atoms with Gasteiger partial charge in [0.15, 0.2) is 0 Å². The van der Waals surface area contributed by atoms with E-state index in [2.05, 4.69) is 5.32 Å². The molecular formula is C20H31N3O5S2. The summed E-state index contributed by atoms with van der Waals surface area (Å²) in [6, 6.07) is 5.44. The van der Waals surface area contributed by atoms with Gasteiger partial charge in [-0.25, -0.2) is 21.1 Å². The Balaban J connectivity index is 1.70. The summed E-state index contributed by atoms with van der Waals surface area (Å²) in [6.07, 6.45) is 6.72. The number of hydrogen-bond donors (Lipinski definition) is 1. The van der Waals surface area contributed by atoms with Gasteiger partial charge in [-0.3, -0.25) is 4.79 Å². The minimum atomic E-state index is -3.80. The van der Waals surface area contributed by atoms with Crippen LogP contribution in [0.1, 0.15) is 44.9 Å². The first-order valence-corrected chi connectivity index (χ1v) is 13.3. The molecule has 1 saturated heterocycles. The molecule has 8 nitrogen and oxygen atoms in total. The predicted octanol–water partition coefficient (Wildman–Crippen LogP) is 1.79. The molecule has 1 aromatic carbocycles. The molecule has 1 aliphatic heterocycles. The first kappa shape index (κ1) is 23.2.